The van der Waals surface area contributed by atoms with Crippen molar-refractivity contribution in [3.8, 4) is 0 Å². The van der Waals surface area contributed by atoms with Gasteiger partial charge < -0.3 is 10.6 Å². The normalized spacial score (nSPS) is 13.6. The summed E-state index contributed by atoms with van der Waals surface area (Å²) >= 11 is 4.48. The van der Waals surface area contributed by atoms with Crippen molar-refractivity contribution < 1.29 is 17.6 Å². The van der Waals surface area contributed by atoms with E-state index in [9.17, 15) is 17.6 Å². The molecule has 0 heterocycles. The van der Waals surface area contributed by atoms with Gasteiger partial charge >= 0.3 is 6.18 Å². The summed E-state index contributed by atoms with van der Waals surface area (Å²) in [5, 5.41) is 4.07. The molecule has 0 fully saturated rings. The first kappa shape index (κ1) is 12.4. The van der Waals surface area contributed by atoms with Crippen LogP contribution in [0.1, 0.15) is 6.92 Å². The summed E-state index contributed by atoms with van der Waals surface area (Å²) in [6.45, 7) is 0.169. The van der Waals surface area contributed by atoms with E-state index in [0.29, 0.717) is 0 Å². The lowest BCUT2D eigenvalue weighted by Gasteiger charge is -2.18. The Bertz CT molecular complexity index is 171. The van der Waals surface area contributed by atoms with Crippen molar-refractivity contribution in [2.75, 3.05) is 13.2 Å². The highest BCUT2D eigenvalue weighted by molar-refractivity contribution is 7.80. The number of nitrogens with one attached hydrogen (secondary N) is 2. The van der Waals surface area contributed by atoms with E-state index >= 15 is 0 Å². The Morgan fingerprint density at radius 1 is 1.46 bits per heavy atom. The van der Waals surface area contributed by atoms with Crippen molar-refractivity contribution in [3.63, 3.8) is 0 Å². The van der Waals surface area contributed by atoms with Gasteiger partial charge in [-0.2, -0.15) is 13.2 Å². The standard InChI is InChI=1S/C6H10F4N2S/c1-4(6(8,9)10)12-5(13)11-3-2-7/h4H,2-3H2,1H3,(H2,11,12,13). The average molecular weight is 218 g/mol. The highest BCUT2D eigenvalue weighted by atomic mass is 32.1. The van der Waals surface area contributed by atoms with Crippen molar-refractivity contribution in [2.45, 2.75) is 19.1 Å². The molecule has 13 heavy (non-hydrogen) atoms. The highest BCUT2D eigenvalue weighted by Gasteiger charge is 2.36. The van der Waals surface area contributed by atoms with Gasteiger partial charge in [0.05, 0.1) is 0 Å². The lowest BCUT2D eigenvalue weighted by atomic mass is 10.3. The van der Waals surface area contributed by atoms with Crippen LogP contribution in [-0.2, 0) is 0 Å². The van der Waals surface area contributed by atoms with Gasteiger partial charge in [0.15, 0.2) is 5.11 Å². The number of hydrogen-bond donors (Lipinski definition) is 2. The van der Waals surface area contributed by atoms with Crippen molar-refractivity contribution >= 4 is 17.3 Å². The number of thiocarbonyl (C=S) groups is 1. The Hall–Kier alpha value is -0.590. The van der Waals surface area contributed by atoms with Crippen molar-refractivity contribution in [1.29, 1.82) is 0 Å². The molecule has 0 aromatic heterocycles. The second-order valence-corrected chi connectivity index (χ2v) is 2.76. The van der Waals surface area contributed by atoms with Crippen LogP contribution in [0.4, 0.5) is 17.6 Å². The van der Waals surface area contributed by atoms with Crippen LogP contribution in [0, 0.1) is 0 Å². The molecule has 0 aromatic rings. The van der Waals surface area contributed by atoms with Gasteiger partial charge in [-0.05, 0) is 19.1 Å². The molecule has 0 aliphatic rings. The maximum atomic E-state index is 11.9. The highest BCUT2D eigenvalue weighted by Crippen LogP contribution is 2.19. The fraction of sp³-hybridized carbons (Fsp3) is 0.833. The van der Waals surface area contributed by atoms with E-state index in [-0.39, 0.29) is 11.7 Å². The van der Waals surface area contributed by atoms with E-state index in [2.05, 4.69) is 17.5 Å². The van der Waals surface area contributed by atoms with Crippen molar-refractivity contribution in [2.24, 2.45) is 0 Å². The maximum absolute atomic E-state index is 11.9. The minimum atomic E-state index is -4.35. The quantitative estimate of drug-likeness (QED) is 0.552. The molecule has 2 nitrogen and oxygen atoms in total. The summed E-state index contributed by atoms with van der Waals surface area (Å²) in [6.07, 6.45) is -4.35. The molecule has 0 aromatic carbocycles. The first-order chi connectivity index (χ1) is 5.88. The molecule has 0 saturated carbocycles. The first-order valence-corrected chi connectivity index (χ1v) is 3.95. The summed E-state index contributed by atoms with van der Waals surface area (Å²) in [4.78, 5) is 0. The molecule has 0 rings (SSSR count). The zero-order valence-corrected chi connectivity index (χ0v) is 7.73. The molecule has 1 unspecified atom stereocenters. The van der Waals surface area contributed by atoms with E-state index in [1.165, 1.54) is 0 Å². The minimum Gasteiger partial charge on any atom is -0.360 e. The first-order valence-electron chi connectivity index (χ1n) is 3.55. The number of alkyl halides is 4. The van der Waals surface area contributed by atoms with Gasteiger partial charge in [-0.1, -0.05) is 0 Å². The molecule has 0 aliphatic heterocycles. The largest absolute Gasteiger partial charge is 0.408 e. The molecular weight excluding hydrogens is 208 g/mol. The van der Waals surface area contributed by atoms with Gasteiger partial charge in [0, 0.05) is 6.54 Å². The van der Waals surface area contributed by atoms with E-state index < -0.39 is 18.9 Å². The zero-order chi connectivity index (χ0) is 10.5. The third-order valence-electron chi connectivity index (χ3n) is 1.22. The molecular formula is C6H10F4N2S. The Balaban J connectivity index is 3.79. The van der Waals surface area contributed by atoms with Crippen LogP contribution in [0.3, 0.4) is 0 Å². The van der Waals surface area contributed by atoms with Gasteiger partial charge in [-0.3, -0.25) is 0 Å². The summed E-state index contributed by atoms with van der Waals surface area (Å²) in [5.74, 6) is 0. The fourth-order valence-corrected chi connectivity index (χ4v) is 0.769. The molecule has 0 amide bonds. The lowest BCUT2D eigenvalue weighted by Crippen LogP contribution is -2.47. The molecule has 2 N–H and O–H groups in total. The van der Waals surface area contributed by atoms with E-state index in [1.807, 2.05) is 5.32 Å². The van der Waals surface area contributed by atoms with Crippen molar-refractivity contribution in [3.05, 3.63) is 0 Å². The molecule has 0 radical (unpaired) electrons. The molecule has 7 heteroatoms. The van der Waals surface area contributed by atoms with Gasteiger partial charge in [0.25, 0.3) is 0 Å². The third kappa shape index (κ3) is 5.62. The smallest absolute Gasteiger partial charge is 0.360 e. The Labute approximate surface area is 78.7 Å². The van der Waals surface area contributed by atoms with E-state index in [4.69, 9.17) is 0 Å². The SMILES string of the molecule is CC(NC(=S)NCCF)C(F)(F)F. The van der Waals surface area contributed by atoms with Crippen LogP contribution in [0.5, 0.6) is 0 Å². The molecule has 0 saturated heterocycles. The van der Waals surface area contributed by atoms with Crippen LogP contribution < -0.4 is 10.6 Å². The lowest BCUT2D eigenvalue weighted by molar-refractivity contribution is -0.147. The topological polar surface area (TPSA) is 24.1 Å². The maximum Gasteiger partial charge on any atom is 0.408 e. The predicted molar refractivity (Wildman–Crippen MR) is 45.2 cm³/mol. The van der Waals surface area contributed by atoms with Gasteiger partial charge in [0.2, 0.25) is 0 Å². The van der Waals surface area contributed by atoms with E-state index in [1.54, 1.807) is 0 Å². The molecule has 0 bridgehead atoms. The summed E-state index contributed by atoms with van der Waals surface area (Å²) in [5.41, 5.74) is 0. The third-order valence-corrected chi connectivity index (χ3v) is 1.48. The van der Waals surface area contributed by atoms with Crippen LogP contribution in [0.15, 0.2) is 0 Å². The molecule has 1 atom stereocenters. The average Bonchev–Trinajstić information content (AvgIpc) is 1.99. The van der Waals surface area contributed by atoms with Gasteiger partial charge in [-0.25, -0.2) is 4.39 Å². The number of rotatable bonds is 3. The number of hydrogen-bond acceptors (Lipinski definition) is 1. The second kappa shape index (κ2) is 5.21. The molecule has 0 aliphatic carbocycles. The van der Waals surface area contributed by atoms with E-state index in [0.717, 1.165) is 6.92 Å². The minimum absolute atomic E-state index is 0.0869. The van der Waals surface area contributed by atoms with Crippen LogP contribution in [-0.4, -0.2) is 30.5 Å². The van der Waals surface area contributed by atoms with Crippen LogP contribution >= 0.6 is 12.2 Å². The predicted octanol–water partition coefficient (Wildman–Crippen LogP) is 1.37. The Morgan fingerprint density at radius 3 is 2.38 bits per heavy atom. The zero-order valence-electron chi connectivity index (χ0n) is 6.91. The van der Waals surface area contributed by atoms with Crippen molar-refractivity contribution in [1.82, 2.24) is 10.6 Å². The van der Waals surface area contributed by atoms with Crippen LogP contribution in [0.2, 0.25) is 0 Å². The summed E-state index contributed by atoms with van der Waals surface area (Å²) in [7, 11) is 0. The molecule has 78 valence electrons. The molecule has 0 spiro atoms. The van der Waals surface area contributed by atoms with Crippen LogP contribution in [0.25, 0.3) is 0 Å². The summed E-state index contributed by atoms with van der Waals surface area (Å²) in [6, 6.07) is -1.73. The monoisotopic (exact) mass is 218 g/mol. The second-order valence-electron chi connectivity index (χ2n) is 2.35. The Morgan fingerprint density at radius 2 is 2.00 bits per heavy atom. The summed E-state index contributed by atoms with van der Waals surface area (Å²) < 4.78 is 47.3. The van der Waals surface area contributed by atoms with Gasteiger partial charge in [0.1, 0.15) is 12.7 Å². The fourth-order valence-electron chi connectivity index (χ4n) is 0.490. The van der Waals surface area contributed by atoms with Gasteiger partial charge in [-0.15, -0.1) is 0 Å². The number of halogens is 4. The Kier molecular flexibility index (Phi) is 4.97.